The number of ether oxygens (including phenoxy) is 1. The number of nitrogens with one attached hydrogen (secondary N) is 1. The van der Waals surface area contributed by atoms with Crippen LogP contribution in [0.2, 0.25) is 0 Å². The minimum Gasteiger partial charge on any atom is -0.510 e. The van der Waals surface area contributed by atoms with E-state index in [-0.39, 0.29) is 47.8 Å². The molecule has 11 nitrogen and oxygen atoms in total. The van der Waals surface area contributed by atoms with Crippen molar-refractivity contribution in [3.8, 4) is 5.75 Å². The number of phenols is 1. The molecule has 0 aliphatic heterocycles. The fraction of sp³-hybridized carbons (Fsp3) is 0.519. The first kappa shape index (κ1) is 28.7. The number of aliphatic hydroxyl groups excluding tert-OH is 2. The van der Waals surface area contributed by atoms with E-state index in [1.165, 1.54) is 19.0 Å². The highest BCUT2D eigenvalue weighted by Crippen LogP contribution is 2.52. The van der Waals surface area contributed by atoms with Crippen LogP contribution in [0.4, 0.5) is 4.39 Å². The monoisotopic (exact) mass is 547 g/mol. The topological polar surface area (TPSA) is 183 Å². The molecule has 0 fully saturated rings. The Hall–Kier alpha value is -3.32. The number of hydrogen-bond acceptors (Lipinski definition) is 10. The van der Waals surface area contributed by atoms with Crippen molar-refractivity contribution >= 4 is 17.5 Å². The highest BCUT2D eigenvalue weighted by Gasteiger charge is 2.63. The molecule has 39 heavy (non-hydrogen) atoms. The Morgan fingerprint density at radius 3 is 2.54 bits per heavy atom. The van der Waals surface area contributed by atoms with Crippen LogP contribution in [0.25, 0.3) is 0 Å². The number of nitrogens with two attached hydrogens (primary N) is 1. The molecule has 0 bridgehead atoms. The summed E-state index contributed by atoms with van der Waals surface area (Å²) >= 11 is 0. The fourth-order valence-corrected chi connectivity index (χ4v) is 6.07. The van der Waals surface area contributed by atoms with Gasteiger partial charge in [-0.2, -0.15) is 0 Å². The molecular weight excluding hydrogens is 513 g/mol. The lowest BCUT2D eigenvalue weighted by Crippen LogP contribution is -2.63. The number of fused-ring (bicyclic) bond motifs is 3. The summed E-state index contributed by atoms with van der Waals surface area (Å²) in [5.41, 5.74) is 1.10. The van der Waals surface area contributed by atoms with Crippen LogP contribution in [0.5, 0.6) is 5.75 Å². The zero-order chi connectivity index (χ0) is 29.0. The van der Waals surface area contributed by atoms with Gasteiger partial charge in [0, 0.05) is 35.7 Å². The average molecular weight is 548 g/mol. The average Bonchev–Trinajstić information content (AvgIpc) is 2.83. The van der Waals surface area contributed by atoms with Crippen LogP contribution in [0.3, 0.4) is 0 Å². The van der Waals surface area contributed by atoms with Gasteiger partial charge in [0.2, 0.25) is 5.78 Å². The number of carbonyl (C=O) groups is 3. The largest absolute Gasteiger partial charge is 0.510 e. The van der Waals surface area contributed by atoms with Crippen LogP contribution in [-0.4, -0.2) is 87.8 Å². The number of likely N-dealkylation sites (N-methyl/N-ethyl adjacent to an activating group) is 1. The Morgan fingerprint density at radius 1 is 1.28 bits per heavy atom. The van der Waals surface area contributed by atoms with Gasteiger partial charge in [-0.05, 0) is 52.8 Å². The minimum absolute atomic E-state index is 0.0386. The number of carbonyl (C=O) groups excluding carboxylic acids is 3. The van der Waals surface area contributed by atoms with Gasteiger partial charge < -0.3 is 36.2 Å². The van der Waals surface area contributed by atoms with E-state index < -0.39 is 69.6 Å². The summed E-state index contributed by atoms with van der Waals surface area (Å²) in [5.74, 6) is -8.41. The van der Waals surface area contributed by atoms with Gasteiger partial charge in [-0.1, -0.05) is 0 Å². The Balaban J connectivity index is 1.76. The lowest BCUT2D eigenvalue weighted by atomic mass is 9.58. The maximum absolute atomic E-state index is 15.7. The molecule has 1 aromatic rings. The summed E-state index contributed by atoms with van der Waals surface area (Å²) in [7, 11) is 3.08. The molecule has 12 heteroatoms. The number of allylic oxidation sites excluding steroid dienone is 1. The van der Waals surface area contributed by atoms with Crippen LogP contribution in [0, 0.1) is 17.7 Å². The standard InChI is InChI=1S/C27H34FN3O8/c1-11(2)39-6-5-30-10-13-9-16(32)18-14(20(13)28)7-12-8-15-21(31(3)4)23(34)19(26(29)37)25(36)27(15,38)24(35)17(12)22(18)33/h9,11-12,15,21,30,32,34-35,38H,5-8,10H2,1-4H3,(H2,29,37)/t12-,15-,21-,27-/m0/s1. The minimum atomic E-state index is -2.74. The summed E-state index contributed by atoms with van der Waals surface area (Å²) in [4.78, 5) is 40.3. The van der Waals surface area contributed by atoms with Gasteiger partial charge in [-0.15, -0.1) is 0 Å². The molecule has 0 heterocycles. The number of amides is 1. The third-order valence-electron chi connectivity index (χ3n) is 7.78. The number of aromatic hydroxyl groups is 1. The van der Waals surface area contributed by atoms with Crippen LogP contribution in [0.1, 0.15) is 41.8 Å². The van der Waals surface area contributed by atoms with Crippen LogP contribution < -0.4 is 11.1 Å². The molecule has 0 aromatic heterocycles. The third-order valence-corrected chi connectivity index (χ3v) is 7.78. The molecular formula is C27H34FN3O8. The van der Waals surface area contributed by atoms with Crippen molar-refractivity contribution in [1.29, 1.82) is 0 Å². The number of hydrogen-bond donors (Lipinski definition) is 6. The number of benzene rings is 1. The summed E-state index contributed by atoms with van der Waals surface area (Å²) < 4.78 is 21.1. The Morgan fingerprint density at radius 2 is 1.95 bits per heavy atom. The van der Waals surface area contributed by atoms with Crippen LogP contribution in [-0.2, 0) is 27.3 Å². The summed E-state index contributed by atoms with van der Waals surface area (Å²) in [6.45, 7) is 4.68. The van der Waals surface area contributed by atoms with Gasteiger partial charge >= 0.3 is 0 Å². The second kappa shape index (κ2) is 10.3. The number of nitrogens with zero attached hydrogens (tertiary/aromatic N) is 1. The Kier molecular flexibility index (Phi) is 7.60. The summed E-state index contributed by atoms with van der Waals surface area (Å²) in [6.07, 6.45) is -0.181. The smallest absolute Gasteiger partial charge is 0.255 e. The molecule has 1 aromatic carbocycles. The van der Waals surface area contributed by atoms with Crippen molar-refractivity contribution < 1.29 is 43.9 Å². The number of Topliss-reactive ketones (excluding diaryl/α,β-unsaturated/α-hetero) is 2. The second-order valence-corrected chi connectivity index (χ2v) is 10.8. The van der Waals surface area contributed by atoms with E-state index in [1.54, 1.807) is 0 Å². The first-order chi connectivity index (χ1) is 18.2. The molecule has 0 saturated heterocycles. The van der Waals surface area contributed by atoms with Crippen LogP contribution >= 0.6 is 0 Å². The summed E-state index contributed by atoms with van der Waals surface area (Å²) in [5, 5.41) is 47.4. The molecule has 0 spiro atoms. The van der Waals surface area contributed by atoms with E-state index in [4.69, 9.17) is 10.5 Å². The predicted octanol–water partition coefficient (Wildman–Crippen LogP) is 0.774. The lowest BCUT2D eigenvalue weighted by molar-refractivity contribution is -0.148. The number of halogens is 1. The molecule has 1 amide bonds. The van der Waals surface area contributed by atoms with Gasteiger partial charge in [-0.3, -0.25) is 19.3 Å². The molecule has 0 saturated carbocycles. The first-order valence-corrected chi connectivity index (χ1v) is 12.7. The van der Waals surface area contributed by atoms with E-state index in [9.17, 15) is 34.8 Å². The van der Waals surface area contributed by atoms with Crippen molar-refractivity contribution in [2.45, 2.75) is 51.0 Å². The maximum Gasteiger partial charge on any atom is 0.255 e. The predicted molar refractivity (Wildman–Crippen MR) is 136 cm³/mol. The molecule has 3 aliphatic carbocycles. The highest BCUT2D eigenvalue weighted by atomic mass is 19.1. The van der Waals surface area contributed by atoms with Crippen molar-refractivity contribution in [3.05, 3.63) is 51.2 Å². The maximum atomic E-state index is 15.7. The Bertz CT molecular complexity index is 1300. The van der Waals surface area contributed by atoms with E-state index in [0.29, 0.717) is 13.2 Å². The molecule has 3 aliphatic rings. The number of rotatable bonds is 8. The van der Waals surface area contributed by atoms with Crippen molar-refractivity contribution in [3.63, 3.8) is 0 Å². The number of phenolic OH excluding ortho intramolecular Hbond substituents is 1. The number of ketones is 2. The van der Waals surface area contributed by atoms with Crippen molar-refractivity contribution in [1.82, 2.24) is 10.2 Å². The normalized spacial score (nSPS) is 26.7. The second-order valence-electron chi connectivity index (χ2n) is 10.8. The van der Waals surface area contributed by atoms with Gasteiger partial charge in [-0.25, -0.2) is 4.39 Å². The molecule has 4 rings (SSSR count). The highest BCUT2D eigenvalue weighted by molar-refractivity contribution is 6.24. The van der Waals surface area contributed by atoms with Gasteiger partial charge in [0.15, 0.2) is 11.4 Å². The van der Waals surface area contributed by atoms with E-state index >= 15 is 4.39 Å². The van der Waals surface area contributed by atoms with Crippen molar-refractivity contribution in [2.75, 3.05) is 27.2 Å². The molecule has 212 valence electrons. The zero-order valence-electron chi connectivity index (χ0n) is 22.2. The van der Waals surface area contributed by atoms with Gasteiger partial charge in [0.25, 0.3) is 5.91 Å². The number of aliphatic hydroxyl groups is 3. The van der Waals surface area contributed by atoms with Gasteiger partial charge in [0.1, 0.15) is 28.7 Å². The molecule has 4 atom stereocenters. The quantitative estimate of drug-likeness (QED) is 0.201. The van der Waals surface area contributed by atoms with Crippen molar-refractivity contribution in [2.24, 2.45) is 17.6 Å². The molecule has 0 unspecified atom stereocenters. The Labute approximate surface area is 224 Å². The molecule has 0 radical (unpaired) electrons. The van der Waals surface area contributed by atoms with Gasteiger partial charge in [0.05, 0.1) is 24.3 Å². The summed E-state index contributed by atoms with van der Waals surface area (Å²) in [6, 6.07) is 0.0118. The third kappa shape index (κ3) is 4.50. The molecule has 7 N–H and O–H groups in total. The first-order valence-electron chi connectivity index (χ1n) is 12.7. The SMILES string of the molecule is CC(C)OCCNCc1cc(O)c2c(c1F)C[C@H]1C[C@H]3[C@H](N(C)C)C(O)=C(C(N)=O)C(=O)[C@@]3(O)C(O)=C1C2=O. The fourth-order valence-electron chi connectivity index (χ4n) is 6.07. The van der Waals surface area contributed by atoms with E-state index in [1.807, 2.05) is 13.8 Å². The lowest BCUT2D eigenvalue weighted by Gasteiger charge is -2.50. The van der Waals surface area contributed by atoms with Crippen LogP contribution in [0.15, 0.2) is 28.7 Å². The number of primary amides is 1. The van der Waals surface area contributed by atoms with E-state index in [2.05, 4.69) is 5.32 Å². The van der Waals surface area contributed by atoms with E-state index in [0.717, 1.165) is 6.07 Å². The zero-order valence-corrected chi connectivity index (χ0v) is 22.2.